The van der Waals surface area contributed by atoms with Crippen LogP contribution in [0.3, 0.4) is 0 Å². The van der Waals surface area contributed by atoms with Gasteiger partial charge in [-0.25, -0.2) is 4.98 Å². The fourth-order valence-electron chi connectivity index (χ4n) is 4.18. The Morgan fingerprint density at radius 3 is 2.83 bits per heavy atom. The molecule has 2 aliphatic rings. The molecule has 30 heavy (non-hydrogen) atoms. The molecule has 0 radical (unpaired) electrons. The number of thiazole rings is 1. The molecule has 2 aromatic rings. The molecule has 7 heteroatoms. The lowest BCUT2D eigenvalue weighted by Crippen LogP contribution is -2.42. The van der Waals surface area contributed by atoms with Gasteiger partial charge in [0.2, 0.25) is 0 Å². The number of para-hydroxylation sites is 1. The highest BCUT2D eigenvalue weighted by Crippen LogP contribution is 2.27. The van der Waals surface area contributed by atoms with Crippen LogP contribution in [0.15, 0.2) is 34.6 Å². The minimum atomic E-state index is 0.170. The van der Waals surface area contributed by atoms with Gasteiger partial charge in [-0.3, -0.25) is 9.89 Å². The molecule has 0 bridgehead atoms. The number of nitrogens with one attached hydrogen (secondary N) is 2. The van der Waals surface area contributed by atoms with Crippen molar-refractivity contribution in [2.75, 3.05) is 32.7 Å². The van der Waals surface area contributed by atoms with Crippen LogP contribution in [0.5, 0.6) is 5.75 Å². The van der Waals surface area contributed by atoms with Crippen LogP contribution in [0.1, 0.15) is 36.0 Å². The second kappa shape index (κ2) is 10.3. The van der Waals surface area contributed by atoms with Crippen LogP contribution in [0.4, 0.5) is 0 Å². The number of guanidine groups is 1. The standard InChI is InChI=1S/C23H33N5OS/c1-3-24-23(26-14-21-12-19-6-4-5-7-22(19)29-21)25-13-18-8-10-28(11-9-18)15-20-16-30-17(2)27-20/h4-7,16,18,21H,3,8-15H2,1-2H3,(H2,24,25,26). The molecule has 1 aromatic heterocycles. The van der Waals surface area contributed by atoms with Crippen LogP contribution >= 0.6 is 11.3 Å². The average Bonchev–Trinajstić information content (AvgIpc) is 3.36. The van der Waals surface area contributed by atoms with Gasteiger partial charge < -0.3 is 15.4 Å². The molecule has 0 amide bonds. The first kappa shape index (κ1) is 21.1. The molecule has 0 saturated carbocycles. The number of ether oxygens (including phenoxy) is 1. The fourth-order valence-corrected chi connectivity index (χ4v) is 4.78. The van der Waals surface area contributed by atoms with Crippen molar-refractivity contribution in [2.45, 2.75) is 45.8 Å². The SMILES string of the molecule is CCNC(=NCC1CCN(Cc2csc(C)n2)CC1)NCC1Cc2ccccc2O1. The van der Waals surface area contributed by atoms with Crippen LogP contribution in [0.25, 0.3) is 0 Å². The summed E-state index contributed by atoms with van der Waals surface area (Å²) < 4.78 is 6.04. The van der Waals surface area contributed by atoms with Crippen molar-refractivity contribution in [3.63, 3.8) is 0 Å². The number of aryl methyl sites for hydroxylation is 1. The summed E-state index contributed by atoms with van der Waals surface area (Å²) in [5.41, 5.74) is 2.51. The maximum absolute atomic E-state index is 6.04. The Bertz CT molecular complexity index is 819. The molecule has 1 aromatic carbocycles. The summed E-state index contributed by atoms with van der Waals surface area (Å²) in [6, 6.07) is 8.31. The molecule has 6 nitrogen and oxygen atoms in total. The topological polar surface area (TPSA) is 61.8 Å². The van der Waals surface area contributed by atoms with Crippen molar-refractivity contribution in [1.29, 1.82) is 0 Å². The molecule has 1 atom stereocenters. The van der Waals surface area contributed by atoms with Crippen molar-refractivity contribution >= 4 is 17.3 Å². The zero-order valence-electron chi connectivity index (χ0n) is 18.1. The number of likely N-dealkylation sites (tertiary alicyclic amines) is 1. The maximum atomic E-state index is 6.04. The van der Waals surface area contributed by atoms with E-state index < -0.39 is 0 Å². The summed E-state index contributed by atoms with van der Waals surface area (Å²) in [6.45, 7) is 9.95. The van der Waals surface area contributed by atoms with E-state index in [-0.39, 0.29) is 6.10 Å². The lowest BCUT2D eigenvalue weighted by molar-refractivity contribution is 0.179. The predicted molar refractivity (Wildman–Crippen MR) is 123 cm³/mol. The molecule has 0 spiro atoms. The highest BCUT2D eigenvalue weighted by Gasteiger charge is 2.23. The number of aromatic nitrogens is 1. The molecule has 1 saturated heterocycles. The van der Waals surface area contributed by atoms with E-state index in [1.54, 1.807) is 11.3 Å². The second-order valence-electron chi connectivity index (χ2n) is 8.23. The number of piperidine rings is 1. The molecular formula is C23H33N5OS. The maximum Gasteiger partial charge on any atom is 0.191 e. The van der Waals surface area contributed by atoms with E-state index in [0.717, 1.165) is 62.4 Å². The van der Waals surface area contributed by atoms with Gasteiger partial charge in [-0.2, -0.15) is 0 Å². The number of fused-ring (bicyclic) bond motifs is 1. The predicted octanol–water partition coefficient (Wildman–Crippen LogP) is 3.22. The summed E-state index contributed by atoms with van der Waals surface area (Å²) in [6.07, 6.45) is 3.53. The summed E-state index contributed by atoms with van der Waals surface area (Å²) in [4.78, 5) is 12.0. The Morgan fingerprint density at radius 2 is 2.10 bits per heavy atom. The van der Waals surface area contributed by atoms with Crippen LogP contribution in [0, 0.1) is 12.8 Å². The van der Waals surface area contributed by atoms with Gasteiger partial charge in [0.1, 0.15) is 11.9 Å². The molecule has 1 unspecified atom stereocenters. The van der Waals surface area contributed by atoms with E-state index in [1.807, 2.05) is 6.07 Å². The first-order chi connectivity index (χ1) is 14.7. The zero-order chi connectivity index (χ0) is 20.8. The van der Waals surface area contributed by atoms with Gasteiger partial charge in [-0.05, 0) is 57.3 Å². The number of hydrogen-bond donors (Lipinski definition) is 2. The average molecular weight is 428 g/mol. The van der Waals surface area contributed by atoms with Crippen LogP contribution < -0.4 is 15.4 Å². The van der Waals surface area contributed by atoms with E-state index in [1.165, 1.54) is 24.1 Å². The van der Waals surface area contributed by atoms with Crippen LogP contribution in [0.2, 0.25) is 0 Å². The number of hydrogen-bond acceptors (Lipinski definition) is 5. The summed E-state index contributed by atoms with van der Waals surface area (Å²) in [7, 11) is 0. The summed E-state index contributed by atoms with van der Waals surface area (Å²) >= 11 is 1.74. The molecule has 1 fully saturated rings. The molecule has 2 N–H and O–H groups in total. The lowest BCUT2D eigenvalue weighted by Gasteiger charge is -2.30. The van der Waals surface area contributed by atoms with Crippen molar-refractivity contribution < 1.29 is 4.74 Å². The van der Waals surface area contributed by atoms with E-state index >= 15 is 0 Å². The van der Waals surface area contributed by atoms with Crippen molar-refractivity contribution in [1.82, 2.24) is 20.5 Å². The number of benzene rings is 1. The van der Waals surface area contributed by atoms with Crippen LogP contribution in [-0.2, 0) is 13.0 Å². The van der Waals surface area contributed by atoms with Crippen molar-refractivity contribution in [3.05, 3.63) is 45.9 Å². The van der Waals surface area contributed by atoms with E-state index in [9.17, 15) is 0 Å². The van der Waals surface area contributed by atoms with Gasteiger partial charge in [0.15, 0.2) is 5.96 Å². The van der Waals surface area contributed by atoms with Crippen molar-refractivity contribution in [3.8, 4) is 5.75 Å². The number of nitrogens with zero attached hydrogens (tertiary/aromatic N) is 3. The molecular weight excluding hydrogens is 394 g/mol. The molecule has 0 aliphatic carbocycles. The Balaban J connectivity index is 1.20. The summed E-state index contributed by atoms with van der Waals surface area (Å²) in [5.74, 6) is 2.57. The zero-order valence-corrected chi connectivity index (χ0v) is 18.9. The van der Waals surface area contributed by atoms with Gasteiger partial charge >= 0.3 is 0 Å². The Morgan fingerprint density at radius 1 is 1.27 bits per heavy atom. The van der Waals surface area contributed by atoms with E-state index in [2.05, 4.69) is 57.9 Å². The first-order valence-corrected chi connectivity index (χ1v) is 12.0. The minimum Gasteiger partial charge on any atom is -0.488 e. The molecule has 4 rings (SSSR count). The molecule has 3 heterocycles. The fraction of sp³-hybridized carbons (Fsp3) is 0.565. The lowest BCUT2D eigenvalue weighted by atomic mass is 9.97. The Labute approximate surface area is 183 Å². The Kier molecular flexibility index (Phi) is 7.23. The highest BCUT2D eigenvalue weighted by molar-refractivity contribution is 7.09. The quantitative estimate of drug-likeness (QED) is 0.525. The number of rotatable bonds is 7. The van der Waals surface area contributed by atoms with Gasteiger partial charge in [0, 0.05) is 31.4 Å². The third-order valence-electron chi connectivity index (χ3n) is 5.82. The van der Waals surface area contributed by atoms with Gasteiger partial charge in [0.05, 0.1) is 17.2 Å². The second-order valence-corrected chi connectivity index (χ2v) is 9.29. The van der Waals surface area contributed by atoms with E-state index in [4.69, 9.17) is 9.73 Å². The van der Waals surface area contributed by atoms with Gasteiger partial charge in [-0.1, -0.05) is 18.2 Å². The third-order valence-corrected chi connectivity index (χ3v) is 6.64. The monoisotopic (exact) mass is 427 g/mol. The van der Waals surface area contributed by atoms with Gasteiger partial charge in [0.25, 0.3) is 0 Å². The Hall–Kier alpha value is -2.12. The molecule has 2 aliphatic heterocycles. The van der Waals surface area contributed by atoms with Crippen LogP contribution in [-0.4, -0.2) is 54.7 Å². The smallest absolute Gasteiger partial charge is 0.191 e. The van der Waals surface area contributed by atoms with Crippen molar-refractivity contribution in [2.24, 2.45) is 10.9 Å². The van der Waals surface area contributed by atoms with E-state index in [0.29, 0.717) is 5.92 Å². The number of aliphatic imine (C=N–C) groups is 1. The summed E-state index contributed by atoms with van der Waals surface area (Å²) in [5, 5.41) is 10.2. The van der Waals surface area contributed by atoms with Gasteiger partial charge in [-0.15, -0.1) is 11.3 Å². The highest BCUT2D eigenvalue weighted by atomic mass is 32.1. The third kappa shape index (κ3) is 5.73. The normalized spacial score (nSPS) is 20.1. The molecule has 162 valence electrons. The first-order valence-electron chi connectivity index (χ1n) is 11.1. The minimum absolute atomic E-state index is 0.170. The largest absolute Gasteiger partial charge is 0.488 e.